The van der Waals surface area contributed by atoms with Gasteiger partial charge in [-0.3, -0.25) is 0 Å². The Hall–Kier alpha value is 0.759. The molecule has 0 aliphatic carbocycles. The second-order valence-corrected chi connectivity index (χ2v) is 4.72. The summed E-state index contributed by atoms with van der Waals surface area (Å²) in [6.07, 6.45) is 0. The molecular formula is C4H11NSn. The van der Waals surface area contributed by atoms with Crippen LogP contribution in [0.1, 0.15) is 13.8 Å². The molecular weight excluding hydrogens is 181 g/mol. The van der Waals surface area contributed by atoms with Gasteiger partial charge in [0.2, 0.25) is 0 Å². The van der Waals surface area contributed by atoms with Crippen molar-refractivity contribution in [1.82, 2.24) is 0 Å². The summed E-state index contributed by atoms with van der Waals surface area (Å²) in [6, 6.07) is 0.410. The fraction of sp³-hybridized carbons (Fsp3) is 1.00. The minimum absolute atomic E-state index is 0.410. The Morgan fingerprint density at radius 2 is 1.67 bits per heavy atom. The average molecular weight is 192 g/mol. The van der Waals surface area contributed by atoms with Gasteiger partial charge in [0.25, 0.3) is 0 Å². The van der Waals surface area contributed by atoms with Gasteiger partial charge < -0.3 is 0 Å². The molecule has 6 heavy (non-hydrogen) atoms. The van der Waals surface area contributed by atoms with Crippen molar-refractivity contribution in [3.05, 3.63) is 0 Å². The molecule has 0 heterocycles. The summed E-state index contributed by atoms with van der Waals surface area (Å²) in [6.45, 7) is 4.22. The Kier molecular flexibility index (Phi) is 3.22. The molecule has 2 unspecified atom stereocenters. The summed E-state index contributed by atoms with van der Waals surface area (Å²) in [5.41, 5.74) is 5.47. The van der Waals surface area contributed by atoms with E-state index in [2.05, 4.69) is 13.8 Å². The Bertz CT molecular complexity index is 28.5. The van der Waals surface area contributed by atoms with Crippen LogP contribution in [0.4, 0.5) is 0 Å². The molecule has 0 bridgehead atoms. The molecule has 0 aromatic carbocycles. The van der Waals surface area contributed by atoms with Crippen LogP contribution in [0.5, 0.6) is 0 Å². The SMILES string of the molecule is CC(N)[CH](C)[SnH]. The van der Waals surface area contributed by atoms with E-state index in [9.17, 15) is 0 Å². The molecule has 0 aliphatic heterocycles. The van der Waals surface area contributed by atoms with Crippen LogP contribution in [-0.2, 0) is 0 Å². The van der Waals surface area contributed by atoms with Gasteiger partial charge in [-0.1, -0.05) is 0 Å². The molecule has 2 atom stereocenters. The summed E-state index contributed by atoms with van der Waals surface area (Å²) in [5.74, 6) is 0. The fourth-order valence-electron chi connectivity index (χ4n) is 0. The molecule has 0 rings (SSSR count). The van der Waals surface area contributed by atoms with Gasteiger partial charge in [-0.05, 0) is 0 Å². The third-order valence-electron chi connectivity index (χ3n) is 0.829. The molecule has 0 amide bonds. The molecule has 0 aromatic heterocycles. The summed E-state index contributed by atoms with van der Waals surface area (Å²) in [4.78, 5) is 0. The summed E-state index contributed by atoms with van der Waals surface area (Å²) in [7, 11) is 0. The van der Waals surface area contributed by atoms with Crippen LogP contribution in [0, 0.1) is 0 Å². The van der Waals surface area contributed by atoms with Gasteiger partial charge in [0.1, 0.15) is 0 Å². The number of hydrogen-bond donors (Lipinski definition) is 1. The minimum atomic E-state index is 0.410. The van der Waals surface area contributed by atoms with E-state index in [1.54, 1.807) is 0 Å². The van der Waals surface area contributed by atoms with E-state index in [1.807, 2.05) is 0 Å². The first-order valence-electron chi connectivity index (χ1n) is 2.15. The molecule has 0 fully saturated rings. The van der Waals surface area contributed by atoms with E-state index in [1.165, 1.54) is 22.5 Å². The fourth-order valence-corrected chi connectivity index (χ4v) is 0. The standard InChI is InChI=1S/C4H10N.Sn.H/c1-3-4(2)5;;/h3-4H,5H2,1-2H3;;. The third kappa shape index (κ3) is 2.97. The van der Waals surface area contributed by atoms with Gasteiger partial charge in [0.05, 0.1) is 0 Å². The molecule has 36 valence electrons. The van der Waals surface area contributed by atoms with E-state index in [-0.39, 0.29) is 0 Å². The van der Waals surface area contributed by atoms with Crippen LogP contribution in [0.2, 0.25) is 3.93 Å². The van der Waals surface area contributed by atoms with Gasteiger partial charge in [0.15, 0.2) is 0 Å². The quantitative estimate of drug-likeness (QED) is 0.583. The van der Waals surface area contributed by atoms with Gasteiger partial charge in [0, 0.05) is 0 Å². The van der Waals surface area contributed by atoms with Gasteiger partial charge >= 0.3 is 52.1 Å². The van der Waals surface area contributed by atoms with Crippen molar-refractivity contribution in [2.45, 2.75) is 23.8 Å². The molecule has 2 heteroatoms. The molecule has 2 N–H and O–H groups in total. The first-order valence-corrected chi connectivity index (χ1v) is 4.06. The zero-order valence-corrected chi connectivity index (χ0v) is 7.61. The molecule has 1 nitrogen and oxygen atoms in total. The molecule has 2 radical (unpaired) electrons. The second kappa shape index (κ2) is 2.85. The zero-order valence-electron chi connectivity index (χ0n) is 4.31. The van der Waals surface area contributed by atoms with Crippen molar-refractivity contribution in [3.8, 4) is 0 Å². The van der Waals surface area contributed by atoms with Gasteiger partial charge in [-0.2, -0.15) is 0 Å². The van der Waals surface area contributed by atoms with E-state index < -0.39 is 0 Å². The molecule has 0 saturated carbocycles. The van der Waals surface area contributed by atoms with Crippen molar-refractivity contribution in [1.29, 1.82) is 0 Å². The maximum absolute atomic E-state index is 5.47. The van der Waals surface area contributed by atoms with E-state index in [4.69, 9.17) is 5.73 Å². The van der Waals surface area contributed by atoms with Crippen molar-refractivity contribution in [2.24, 2.45) is 5.73 Å². The average Bonchev–Trinajstić information content (AvgIpc) is 1.36. The van der Waals surface area contributed by atoms with Crippen LogP contribution in [0.15, 0.2) is 0 Å². The van der Waals surface area contributed by atoms with E-state index in [0.29, 0.717) is 6.04 Å². The second-order valence-electron chi connectivity index (χ2n) is 1.72. The predicted octanol–water partition coefficient (Wildman–Crippen LogP) is 0.0428. The summed E-state index contributed by atoms with van der Waals surface area (Å²) in [5, 5.41) is 0. The van der Waals surface area contributed by atoms with Crippen LogP contribution < -0.4 is 5.73 Å². The molecule has 0 saturated heterocycles. The predicted molar refractivity (Wildman–Crippen MR) is 30.2 cm³/mol. The summed E-state index contributed by atoms with van der Waals surface area (Å²) >= 11 is 1.29. The van der Waals surface area contributed by atoms with E-state index >= 15 is 0 Å². The van der Waals surface area contributed by atoms with Crippen LogP contribution >= 0.6 is 0 Å². The normalized spacial score (nSPS) is 20.0. The Morgan fingerprint density at radius 3 is 1.67 bits per heavy atom. The molecule has 0 aromatic rings. The Balaban J connectivity index is 2.99. The van der Waals surface area contributed by atoms with Gasteiger partial charge in [-0.25, -0.2) is 0 Å². The maximum atomic E-state index is 5.47. The third-order valence-corrected chi connectivity index (χ3v) is 2.56. The van der Waals surface area contributed by atoms with Crippen molar-refractivity contribution >= 4 is 22.5 Å². The van der Waals surface area contributed by atoms with Crippen LogP contribution in [0.25, 0.3) is 0 Å². The Morgan fingerprint density at radius 1 is 1.50 bits per heavy atom. The first kappa shape index (κ1) is 6.76. The van der Waals surface area contributed by atoms with Crippen molar-refractivity contribution < 1.29 is 0 Å². The summed E-state index contributed by atoms with van der Waals surface area (Å²) < 4.78 is 0.760. The molecule has 0 spiro atoms. The number of hydrogen-bond acceptors (Lipinski definition) is 1. The van der Waals surface area contributed by atoms with Gasteiger partial charge in [-0.15, -0.1) is 0 Å². The number of nitrogens with two attached hydrogens (primary N) is 1. The van der Waals surface area contributed by atoms with Crippen LogP contribution in [-0.4, -0.2) is 28.6 Å². The van der Waals surface area contributed by atoms with Crippen LogP contribution in [0.3, 0.4) is 0 Å². The molecule has 0 aliphatic rings. The number of rotatable bonds is 1. The van der Waals surface area contributed by atoms with Crippen molar-refractivity contribution in [3.63, 3.8) is 0 Å². The topological polar surface area (TPSA) is 26.0 Å². The zero-order chi connectivity index (χ0) is 5.15. The Labute approximate surface area is 52.4 Å². The monoisotopic (exact) mass is 193 g/mol. The van der Waals surface area contributed by atoms with E-state index in [0.717, 1.165) is 3.93 Å². The van der Waals surface area contributed by atoms with Crippen molar-refractivity contribution in [2.75, 3.05) is 0 Å². The first-order chi connectivity index (χ1) is 2.64.